The number of hydrogen-bond donors (Lipinski definition) is 1. The molecule has 0 aromatic heterocycles. The van der Waals surface area contributed by atoms with Gasteiger partial charge in [-0.1, -0.05) is 27.7 Å². The largest absolute Gasteiger partial charge is 0.383 e. The molecule has 1 heterocycles. The molecule has 1 aliphatic heterocycles. The van der Waals surface area contributed by atoms with Gasteiger partial charge in [-0.05, 0) is 11.8 Å². The first-order valence-corrected chi connectivity index (χ1v) is 6.42. The number of ether oxygens (including phenoxy) is 1. The van der Waals surface area contributed by atoms with Gasteiger partial charge in [0.1, 0.15) is 12.1 Å². The van der Waals surface area contributed by atoms with Crippen LogP contribution in [-0.4, -0.2) is 49.1 Å². The third-order valence-electron chi connectivity index (χ3n) is 3.28. The Balaban J connectivity index is 2.93. The Morgan fingerprint density at radius 1 is 1.33 bits per heavy atom. The van der Waals surface area contributed by atoms with Crippen LogP contribution in [0, 0.1) is 5.41 Å². The quantitative estimate of drug-likeness (QED) is 0.809. The first-order valence-electron chi connectivity index (χ1n) is 6.42. The Morgan fingerprint density at radius 3 is 2.39 bits per heavy atom. The molecule has 0 aromatic carbocycles. The second kappa shape index (κ2) is 5.69. The maximum atomic E-state index is 12.4. The van der Waals surface area contributed by atoms with Gasteiger partial charge in [0.25, 0.3) is 0 Å². The normalized spacial score (nSPS) is 25.3. The lowest BCUT2D eigenvalue weighted by Gasteiger charge is -2.43. The zero-order chi connectivity index (χ0) is 13.9. The fraction of sp³-hybridized carbons (Fsp3) is 0.846. The van der Waals surface area contributed by atoms with Crippen molar-refractivity contribution in [3.63, 3.8) is 0 Å². The van der Waals surface area contributed by atoms with Crippen molar-refractivity contribution in [2.24, 2.45) is 5.41 Å². The fourth-order valence-corrected chi connectivity index (χ4v) is 2.21. The molecule has 5 nitrogen and oxygen atoms in total. The maximum Gasteiger partial charge on any atom is 0.246 e. The summed E-state index contributed by atoms with van der Waals surface area (Å²) in [5.41, 5.74) is -0.281. The molecule has 2 unspecified atom stereocenters. The van der Waals surface area contributed by atoms with Gasteiger partial charge in [-0.25, -0.2) is 0 Å². The second-order valence-electron chi connectivity index (χ2n) is 5.76. The predicted octanol–water partition coefficient (Wildman–Crippen LogP) is 0.785. The Morgan fingerprint density at radius 2 is 1.94 bits per heavy atom. The summed E-state index contributed by atoms with van der Waals surface area (Å²) in [6.45, 7) is 8.69. The summed E-state index contributed by atoms with van der Waals surface area (Å²) >= 11 is 0. The lowest BCUT2D eigenvalue weighted by atomic mass is 9.83. The molecule has 0 aliphatic carbocycles. The molecule has 0 saturated carbocycles. The summed E-state index contributed by atoms with van der Waals surface area (Å²) in [5.74, 6) is -0.0703. The highest BCUT2D eigenvalue weighted by Gasteiger charge is 2.44. The molecular formula is C13H24N2O3. The van der Waals surface area contributed by atoms with Gasteiger partial charge in [0.05, 0.1) is 6.61 Å². The molecule has 2 amide bonds. The van der Waals surface area contributed by atoms with Crippen molar-refractivity contribution in [2.75, 3.05) is 20.3 Å². The smallest absolute Gasteiger partial charge is 0.246 e. The number of carbonyl (C=O) groups excluding carboxylic acids is 2. The predicted molar refractivity (Wildman–Crippen MR) is 69.1 cm³/mol. The summed E-state index contributed by atoms with van der Waals surface area (Å²) in [5, 5.41) is 2.84. The molecule has 0 radical (unpaired) electrons. The van der Waals surface area contributed by atoms with E-state index in [2.05, 4.69) is 5.32 Å². The Hall–Kier alpha value is -1.10. The molecule has 0 spiro atoms. The van der Waals surface area contributed by atoms with Gasteiger partial charge < -0.3 is 15.0 Å². The highest BCUT2D eigenvalue weighted by Crippen LogP contribution is 2.25. The maximum absolute atomic E-state index is 12.4. The summed E-state index contributed by atoms with van der Waals surface area (Å²) in [4.78, 5) is 26.2. The monoisotopic (exact) mass is 256 g/mol. The minimum atomic E-state index is -0.454. The van der Waals surface area contributed by atoms with E-state index in [1.54, 1.807) is 12.0 Å². The van der Waals surface area contributed by atoms with Crippen molar-refractivity contribution in [1.29, 1.82) is 0 Å². The second-order valence-corrected chi connectivity index (χ2v) is 5.76. The van der Waals surface area contributed by atoms with Crippen LogP contribution in [-0.2, 0) is 14.3 Å². The topological polar surface area (TPSA) is 58.6 Å². The van der Waals surface area contributed by atoms with E-state index in [9.17, 15) is 9.59 Å². The number of amides is 2. The summed E-state index contributed by atoms with van der Waals surface area (Å²) in [6.07, 6.45) is 0.623. The minimum Gasteiger partial charge on any atom is -0.383 e. The van der Waals surface area contributed by atoms with Crippen LogP contribution >= 0.6 is 0 Å². The van der Waals surface area contributed by atoms with E-state index in [0.717, 1.165) is 0 Å². The highest BCUT2D eigenvalue weighted by atomic mass is 16.5. The number of hydrogen-bond acceptors (Lipinski definition) is 3. The van der Waals surface area contributed by atoms with Crippen molar-refractivity contribution in [1.82, 2.24) is 10.2 Å². The molecule has 2 atom stereocenters. The zero-order valence-corrected chi connectivity index (χ0v) is 11.9. The van der Waals surface area contributed by atoms with Crippen molar-refractivity contribution in [3.05, 3.63) is 0 Å². The van der Waals surface area contributed by atoms with Crippen molar-refractivity contribution < 1.29 is 14.3 Å². The van der Waals surface area contributed by atoms with Crippen LogP contribution in [0.2, 0.25) is 0 Å². The van der Waals surface area contributed by atoms with E-state index in [1.807, 2.05) is 27.7 Å². The van der Waals surface area contributed by atoms with Gasteiger partial charge in [-0.15, -0.1) is 0 Å². The van der Waals surface area contributed by atoms with Crippen LogP contribution in [0.4, 0.5) is 0 Å². The lowest BCUT2D eigenvalue weighted by Crippen LogP contribution is -2.66. The number of nitrogens with zero attached hydrogens (tertiary/aromatic N) is 1. The summed E-state index contributed by atoms with van der Waals surface area (Å²) < 4.78 is 5.02. The molecule has 1 fully saturated rings. The van der Waals surface area contributed by atoms with Crippen molar-refractivity contribution >= 4 is 11.8 Å². The van der Waals surface area contributed by atoms with Gasteiger partial charge in [0.2, 0.25) is 11.8 Å². The third kappa shape index (κ3) is 3.02. The van der Waals surface area contributed by atoms with Gasteiger partial charge >= 0.3 is 0 Å². The van der Waals surface area contributed by atoms with E-state index >= 15 is 0 Å². The number of nitrogens with one attached hydrogen (secondary N) is 1. The number of piperazine rings is 1. The van der Waals surface area contributed by atoms with Gasteiger partial charge in [0.15, 0.2) is 0 Å². The number of rotatable bonds is 4. The van der Waals surface area contributed by atoms with Gasteiger partial charge in [0, 0.05) is 13.7 Å². The van der Waals surface area contributed by atoms with E-state index in [-0.39, 0.29) is 23.3 Å². The first-order chi connectivity index (χ1) is 8.32. The molecular weight excluding hydrogens is 232 g/mol. The summed E-state index contributed by atoms with van der Waals surface area (Å²) in [7, 11) is 1.59. The Kier molecular flexibility index (Phi) is 4.73. The Bertz CT molecular complexity index is 323. The number of methoxy groups -OCH3 is 1. The lowest BCUT2D eigenvalue weighted by molar-refractivity contribution is -0.153. The van der Waals surface area contributed by atoms with Crippen LogP contribution in [0.3, 0.4) is 0 Å². The van der Waals surface area contributed by atoms with Crippen LogP contribution in [0.25, 0.3) is 0 Å². The molecule has 0 bridgehead atoms. The van der Waals surface area contributed by atoms with Gasteiger partial charge in [-0.2, -0.15) is 0 Å². The standard InChI is InChI=1S/C13H24N2O3/c1-6-9-11(16)14-10(13(2,3)4)12(17)15(9)7-8-18-5/h9-10H,6-8H2,1-5H3,(H,14,16). The minimum absolute atomic E-state index is 0.00833. The third-order valence-corrected chi connectivity index (χ3v) is 3.28. The number of carbonyl (C=O) groups is 2. The van der Waals surface area contributed by atoms with Crippen LogP contribution in [0.1, 0.15) is 34.1 Å². The molecule has 5 heteroatoms. The van der Waals surface area contributed by atoms with Crippen LogP contribution < -0.4 is 5.32 Å². The molecule has 0 aromatic rings. The summed E-state index contributed by atoms with van der Waals surface area (Å²) in [6, 6.07) is -0.823. The van der Waals surface area contributed by atoms with Crippen molar-refractivity contribution in [2.45, 2.75) is 46.2 Å². The average molecular weight is 256 g/mol. The van der Waals surface area contributed by atoms with E-state index < -0.39 is 6.04 Å². The zero-order valence-electron chi connectivity index (χ0n) is 11.9. The van der Waals surface area contributed by atoms with Crippen molar-refractivity contribution in [3.8, 4) is 0 Å². The average Bonchev–Trinajstić information content (AvgIpc) is 2.28. The van der Waals surface area contributed by atoms with E-state index in [1.165, 1.54) is 0 Å². The molecule has 1 rings (SSSR count). The Labute approximate surface area is 109 Å². The highest BCUT2D eigenvalue weighted by molar-refractivity contribution is 5.97. The molecule has 1 aliphatic rings. The fourth-order valence-electron chi connectivity index (χ4n) is 2.21. The van der Waals surface area contributed by atoms with Crippen LogP contribution in [0.15, 0.2) is 0 Å². The first kappa shape index (κ1) is 15.0. The van der Waals surface area contributed by atoms with E-state index in [4.69, 9.17) is 4.74 Å². The molecule has 104 valence electrons. The van der Waals surface area contributed by atoms with E-state index in [0.29, 0.717) is 19.6 Å². The van der Waals surface area contributed by atoms with Gasteiger partial charge in [-0.3, -0.25) is 9.59 Å². The van der Waals surface area contributed by atoms with Crippen LogP contribution in [0.5, 0.6) is 0 Å². The molecule has 1 N–H and O–H groups in total. The molecule has 18 heavy (non-hydrogen) atoms. The SMILES string of the molecule is CCC1C(=O)NC(C(C)(C)C)C(=O)N1CCOC. The molecule has 1 saturated heterocycles.